The van der Waals surface area contributed by atoms with E-state index in [9.17, 15) is 9.90 Å². The number of methoxy groups -OCH3 is 1. The van der Waals surface area contributed by atoms with Crippen LogP contribution in [-0.2, 0) is 16.0 Å². The van der Waals surface area contributed by atoms with E-state index in [1.54, 1.807) is 0 Å². The summed E-state index contributed by atoms with van der Waals surface area (Å²) in [4.78, 5) is 12.0. The van der Waals surface area contributed by atoms with Gasteiger partial charge in [-0.15, -0.1) is 0 Å². The maximum atomic E-state index is 12.0. The highest BCUT2D eigenvalue weighted by molar-refractivity contribution is 5.88. The molecule has 1 aromatic rings. The van der Waals surface area contributed by atoms with E-state index in [-0.39, 0.29) is 29.2 Å². The maximum Gasteiger partial charge on any atom is 0.333 e. The van der Waals surface area contributed by atoms with Crippen LogP contribution in [0, 0.1) is 5.92 Å². The van der Waals surface area contributed by atoms with Crippen LogP contribution in [0.5, 0.6) is 11.5 Å². The van der Waals surface area contributed by atoms with Gasteiger partial charge < -0.3 is 14.6 Å². The number of fused-ring (bicyclic) bond motifs is 3. The number of carbonyl (C=O) groups excluding carboxylic acids is 1. The number of phenols is 1. The minimum absolute atomic E-state index is 0.0266. The molecular weight excluding hydrogens is 328 g/mol. The molecule has 4 nitrogen and oxygen atoms in total. The van der Waals surface area contributed by atoms with E-state index >= 15 is 0 Å². The van der Waals surface area contributed by atoms with Gasteiger partial charge in [-0.05, 0) is 57.2 Å². The number of benzene rings is 1. The summed E-state index contributed by atoms with van der Waals surface area (Å²) in [5, 5.41) is 10.8. The lowest BCUT2D eigenvalue weighted by atomic mass is 9.67. The van der Waals surface area contributed by atoms with Crippen LogP contribution in [-0.4, -0.2) is 23.8 Å². The highest BCUT2D eigenvalue weighted by atomic mass is 16.5. The number of allylic oxidation sites excluding steroid dienone is 1. The van der Waals surface area contributed by atoms with Gasteiger partial charge in [-0.1, -0.05) is 25.8 Å². The first-order valence-electron chi connectivity index (χ1n) is 9.71. The van der Waals surface area contributed by atoms with Crippen molar-refractivity contribution in [3.63, 3.8) is 0 Å². The van der Waals surface area contributed by atoms with Crippen LogP contribution in [0.15, 0.2) is 23.8 Å². The van der Waals surface area contributed by atoms with Gasteiger partial charge in [0.05, 0.1) is 7.11 Å². The second kappa shape index (κ2) is 7.34. The first-order chi connectivity index (χ1) is 12.4. The number of hydrogen-bond acceptors (Lipinski definition) is 4. The van der Waals surface area contributed by atoms with Crippen LogP contribution in [0.2, 0.25) is 0 Å². The Labute approximate surface area is 156 Å². The van der Waals surface area contributed by atoms with E-state index in [1.807, 2.05) is 12.1 Å². The van der Waals surface area contributed by atoms with E-state index < -0.39 is 0 Å². The molecule has 0 amide bonds. The zero-order valence-corrected chi connectivity index (χ0v) is 16.3. The van der Waals surface area contributed by atoms with Gasteiger partial charge in [0.15, 0.2) is 0 Å². The summed E-state index contributed by atoms with van der Waals surface area (Å²) in [6.07, 6.45) is 7.92. The number of esters is 1. The van der Waals surface area contributed by atoms with E-state index in [0.717, 1.165) is 36.1 Å². The molecule has 0 saturated carbocycles. The van der Waals surface area contributed by atoms with Gasteiger partial charge in [0, 0.05) is 23.0 Å². The minimum atomic E-state index is -0.343. The maximum absolute atomic E-state index is 12.0. The van der Waals surface area contributed by atoms with Crippen LogP contribution in [0.1, 0.15) is 69.9 Å². The van der Waals surface area contributed by atoms with Crippen LogP contribution in [0.3, 0.4) is 0 Å². The summed E-state index contributed by atoms with van der Waals surface area (Å²) in [5.41, 5.74) is 2.28. The Morgan fingerprint density at radius 3 is 2.81 bits per heavy atom. The molecular formula is C22H30O4. The molecule has 1 N–H and O–H groups in total. The van der Waals surface area contributed by atoms with Crippen LogP contribution in [0.4, 0.5) is 0 Å². The summed E-state index contributed by atoms with van der Waals surface area (Å²) in [5.74, 6) is 0.957. The number of hydrogen-bond donors (Lipinski definition) is 1. The third-order valence-corrected chi connectivity index (χ3v) is 5.83. The highest BCUT2D eigenvalue weighted by Crippen LogP contribution is 2.53. The van der Waals surface area contributed by atoms with Crippen molar-refractivity contribution in [3.8, 4) is 11.5 Å². The lowest BCUT2D eigenvalue weighted by Gasteiger charge is -2.46. The van der Waals surface area contributed by atoms with Crippen LogP contribution < -0.4 is 4.74 Å². The zero-order valence-electron chi connectivity index (χ0n) is 16.3. The quantitative estimate of drug-likeness (QED) is 0.601. The van der Waals surface area contributed by atoms with Crippen molar-refractivity contribution in [2.75, 3.05) is 7.11 Å². The number of aromatic hydroxyl groups is 1. The Morgan fingerprint density at radius 2 is 2.12 bits per heavy atom. The Hall–Kier alpha value is -1.97. The highest BCUT2D eigenvalue weighted by Gasteiger charge is 2.46. The SMILES string of the molecule is CCCCCc1cc(O)c2c(c1)OC(C)(C)[C@@H]1CCC(C(=O)OC)=C[C@@H]21. The fourth-order valence-electron chi connectivity index (χ4n) is 4.44. The van der Waals surface area contributed by atoms with Gasteiger partial charge in [0.25, 0.3) is 0 Å². The van der Waals surface area contributed by atoms with Gasteiger partial charge in [-0.2, -0.15) is 0 Å². The Bertz CT molecular complexity index is 717. The fourth-order valence-corrected chi connectivity index (χ4v) is 4.44. The zero-order chi connectivity index (χ0) is 18.9. The molecule has 26 heavy (non-hydrogen) atoms. The lowest BCUT2D eigenvalue weighted by molar-refractivity contribution is -0.136. The minimum Gasteiger partial charge on any atom is -0.507 e. The van der Waals surface area contributed by atoms with E-state index in [1.165, 1.54) is 20.0 Å². The smallest absolute Gasteiger partial charge is 0.333 e. The third-order valence-electron chi connectivity index (χ3n) is 5.83. The van der Waals surface area contributed by atoms with Crippen molar-refractivity contribution < 1.29 is 19.4 Å². The molecule has 1 aliphatic carbocycles. The molecule has 3 rings (SSSR count). The molecule has 1 aromatic carbocycles. The predicted molar refractivity (Wildman–Crippen MR) is 102 cm³/mol. The number of ether oxygens (including phenoxy) is 2. The molecule has 0 spiro atoms. The summed E-state index contributed by atoms with van der Waals surface area (Å²) in [7, 11) is 1.41. The Balaban J connectivity index is 2.01. The average Bonchev–Trinajstić information content (AvgIpc) is 2.60. The molecule has 1 aliphatic heterocycles. The first-order valence-corrected chi connectivity index (χ1v) is 9.71. The second-order valence-electron chi connectivity index (χ2n) is 8.04. The van der Waals surface area contributed by atoms with Gasteiger partial charge in [-0.3, -0.25) is 0 Å². The number of phenolic OH excluding ortho intramolecular Hbond substituents is 1. The van der Waals surface area contributed by atoms with Crippen molar-refractivity contribution in [1.82, 2.24) is 0 Å². The third kappa shape index (κ3) is 3.46. The summed E-state index contributed by atoms with van der Waals surface area (Å²) in [6.45, 7) is 6.39. The first kappa shape index (κ1) is 18.8. The summed E-state index contributed by atoms with van der Waals surface area (Å²) < 4.78 is 11.2. The van der Waals surface area contributed by atoms with Crippen LogP contribution >= 0.6 is 0 Å². The van der Waals surface area contributed by atoms with Gasteiger partial charge >= 0.3 is 5.97 Å². The van der Waals surface area contributed by atoms with E-state index in [4.69, 9.17) is 9.47 Å². The monoisotopic (exact) mass is 358 g/mol. The molecule has 142 valence electrons. The topological polar surface area (TPSA) is 55.8 Å². The van der Waals surface area contributed by atoms with Crippen molar-refractivity contribution in [2.45, 2.75) is 70.8 Å². The van der Waals surface area contributed by atoms with Gasteiger partial charge in [-0.25, -0.2) is 4.79 Å². The van der Waals surface area contributed by atoms with Crippen molar-refractivity contribution in [3.05, 3.63) is 34.9 Å². The summed E-state index contributed by atoms with van der Waals surface area (Å²) >= 11 is 0. The van der Waals surface area contributed by atoms with Crippen LogP contribution in [0.25, 0.3) is 0 Å². The number of carbonyl (C=O) groups is 1. The van der Waals surface area contributed by atoms with Crippen molar-refractivity contribution in [1.29, 1.82) is 0 Å². The largest absolute Gasteiger partial charge is 0.507 e. The molecule has 0 fully saturated rings. The Morgan fingerprint density at radius 1 is 1.35 bits per heavy atom. The fraction of sp³-hybridized carbons (Fsp3) is 0.591. The van der Waals surface area contributed by atoms with E-state index in [2.05, 4.69) is 26.8 Å². The number of rotatable bonds is 5. The predicted octanol–water partition coefficient (Wildman–Crippen LogP) is 4.89. The molecule has 0 radical (unpaired) electrons. The molecule has 0 unspecified atom stereocenters. The normalized spacial score (nSPS) is 23.3. The number of aryl methyl sites for hydroxylation is 1. The van der Waals surface area contributed by atoms with Gasteiger partial charge in [0.1, 0.15) is 17.1 Å². The summed E-state index contributed by atoms with van der Waals surface area (Å²) in [6, 6.07) is 3.94. The van der Waals surface area contributed by atoms with Crippen molar-refractivity contribution >= 4 is 5.97 Å². The molecule has 1 heterocycles. The van der Waals surface area contributed by atoms with Gasteiger partial charge in [0.2, 0.25) is 0 Å². The second-order valence-corrected chi connectivity index (χ2v) is 8.04. The average molecular weight is 358 g/mol. The standard InChI is InChI=1S/C22H30O4/c1-5-6-7-8-14-11-18(23)20-16-13-15(21(24)25-4)9-10-17(16)22(2,3)26-19(20)12-14/h11-13,16-17,23H,5-10H2,1-4H3/t16-,17-/m1/s1. The molecule has 2 atom stereocenters. The Kier molecular flexibility index (Phi) is 5.31. The molecule has 0 aromatic heterocycles. The molecule has 0 bridgehead atoms. The van der Waals surface area contributed by atoms with Crippen molar-refractivity contribution in [2.24, 2.45) is 5.92 Å². The molecule has 2 aliphatic rings. The van der Waals surface area contributed by atoms with E-state index in [0.29, 0.717) is 12.0 Å². The molecule has 0 saturated heterocycles. The molecule has 4 heteroatoms. The number of unbranched alkanes of at least 4 members (excludes halogenated alkanes) is 2. The lowest BCUT2D eigenvalue weighted by Crippen LogP contribution is -2.45.